The lowest BCUT2D eigenvalue weighted by Crippen LogP contribution is -2.39. The quantitative estimate of drug-likeness (QED) is 0.875. The second kappa shape index (κ2) is 7.88. The van der Waals surface area contributed by atoms with E-state index < -0.39 is 0 Å². The fourth-order valence-electron chi connectivity index (χ4n) is 3.42. The maximum Gasteiger partial charge on any atom is 0.224 e. The molecule has 2 atom stereocenters. The third-order valence-corrected chi connectivity index (χ3v) is 4.65. The van der Waals surface area contributed by atoms with E-state index in [4.69, 9.17) is 4.74 Å². The van der Waals surface area contributed by atoms with Gasteiger partial charge in [0.1, 0.15) is 5.82 Å². The van der Waals surface area contributed by atoms with Crippen LogP contribution < -0.4 is 5.32 Å². The lowest BCUT2D eigenvalue weighted by atomic mass is 10.1. The zero-order chi connectivity index (χ0) is 16.1. The number of halogens is 1. The molecule has 0 saturated carbocycles. The molecule has 23 heavy (non-hydrogen) atoms. The number of nitrogens with one attached hydrogen (secondary N) is 1. The molecule has 1 aromatic carbocycles. The molecule has 0 spiro atoms. The lowest BCUT2D eigenvalue weighted by molar-refractivity contribution is -0.133. The highest BCUT2D eigenvalue weighted by Crippen LogP contribution is 2.18. The van der Waals surface area contributed by atoms with Crippen LogP contribution in [0.4, 0.5) is 4.39 Å². The maximum atomic E-state index is 13.4. The molecular formula is C18H25FN2O2. The number of hydrogen-bond donors (Lipinski definition) is 1. The van der Waals surface area contributed by atoms with Gasteiger partial charge in [-0.15, -0.1) is 0 Å². The first-order chi connectivity index (χ1) is 11.2. The van der Waals surface area contributed by atoms with Crippen molar-refractivity contribution < 1.29 is 13.9 Å². The molecule has 5 heteroatoms. The molecule has 2 saturated heterocycles. The van der Waals surface area contributed by atoms with Crippen molar-refractivity contribution in [2.24, 2.45) is 0 Å². The first kappa shape index (κ1) is 16.4. The third kappa shape index (κ3) is 4.75. The van der Waals surface area contributed by atoms with Crippen LogP contribution in [0.5, 0.6) is 0 Å². The summed E-state index contributed by atoms with van der Waals surface area (Å²) in [7, 11) is 0. The maximum absolute atomic E-state index is 13.4. The van der Waals surface area contributed by atoms with Crippen LogP contribution >= 0.6 is 0 Å². The Morgan fingerprint density at radius 3 is 2.96 bits per heavy atom. The van der Waals surface area contributed by atoms with E-state index in [1.54, 1.807) is 6.07 Å². The molecule has 1 aromatic rings. The summed E-state index contributed by atoms with van der Waals surface area (Å²) in [5, 5.41) is 3.37. The minimum absolute atomic E-state index is 0.115. The Labute approximate surface area is 137 Å². The number of nitrogens with zero attached hydrogens (tertiary/aromatic N) is 1. The Bertz CT molecular complexity index is 526. The molecule has 0 bridgehead atoms. The normalized spacial score (nSPS) is 24.0. The van der Waals surface area contributed by atoms with Crippen LogP contribution in [0.3, 0.4) is 0 Å². The number of carbonyl (C=O) groups excluding carboxylic acids is 1. The number of rotatable bonds is 6. The summed E-state index contributed by atoms with van der Waals surface area (Å²) in [5.74, 6) is -0.131. The highest BCUT2D eigenvalue weighted by molar-refractivity contribution is 5.77. The number of benzene rings is 1. The zero-order valence-electron chi connectivity index (χ0n) is 13.5. The van der Waals surface area contributed by atoms with Crippen LogP contribution in [0.1, 0.15) is 37.7 Å². The zero-order valence-corrected chi connectivity index (χ0v) is 13.5. The van der Waals surface area contributed by atoms with Crippen molar-refractivity contribution in [3.05, 3.63) is 35.6 Å². The molecular weight excluding hydrogens is 295 g/mol. The Balaban J connectivity index is 1.65. The molecule has 2 heterocycles. The second-order valence-electron chi connectivity index (χ2n) is 6.54. The van der Waals surface area contributed by atoms with Gasteiger partial charge in [0, 0.05) is 32.2 Å². The van der Waals surface area contributed by atoms with E-state index in [9.17, 15) is 9.18 Å². The summed E-state index contributed by atoms with van der Waals surface area (Å²) in [6.45, 7) is 2.82. The smallest absolute Gasteiger partial charge is 0.224 e. The van der Waals surface area contributed by atoms with Gasteiger partial charge in [-0.2, -0.15) is 0 Å². The van der Waals surface area contributed by atoms with E-state index in [1.807, 2.05) is 11.0 Å². The van der Waals surface area contributed by atoms with Crippen LogP contribution in [-0.2, 0) is 16.1 Å². The lowest BCUT2D eigenvalue weighted by Gasteiger charge is -2.27. The average Bonchev–Trinajstić information content (AvgIpc) is 3.20. The molecule has 0 radical (unpaired) electrons. The van der Waals surface area contributed by atoms with Gasteiger partial charge < -0.3 is 15.0 Å². The van der Waals surface area contributed by atoms with Crippen molar-refractivity contribution in [3.8, 4) is 0 Å². The van der Waals surface area contributed by atoms with Crippen molar-refractivity contribution in [1.29, 1.82) is 0 Å². The molecule has 2 aliphatic heterocycles. The van der Waals surface area contributed by atoms with Crippen LogP contribution in [0.25, 0.3) is 0 Å². The Kier molecular flexibility index (Phi) is 5.62. The van der Waals surface area contributed by atoms with E-state index in [0.29, 0.717) is 19.5 Å². The standard InChI is InChI=1S/C18H25FN2O2/c19-15-5-1-4-14(10-15)12-21(13-17-7-3-9-23-17)18(22)11-16-6-2-8-20-16/h1,4-5,10,16-17,20H,2-3,6-9,11-13H2. The Morgan fingerprint density at radius 2 is 2.26 bits per heavy atom. The molecule has 3 rings (SSSR count). The fraction of sp³-hybridized carbons (Fsp3) is 0.611. The van der Waals surface area contributed by atoms with Gasteiger partial charge in [-0.1, -0.05) is 12.1 Å². The third-order valence-electron chi connectivity index (χ3n) is 4.65. The molecule has 0 aliphatic carbocycles. The highest BCUT2D eigenvalue weighted by atomic mass is 19.1. The summed E-state index contributed by atoms with van der Waals surface area (Å²) in [5.41, 5.74) is 0.829. The average molecular weight is 320 g/mol. The molecule has 0 aromatic heterocycles. The van der Waals surface area contributed by atoms with E-state index in [-0.39, 0.29) is 23.9 Å². The van der Waals surface area contributed by atoms with E-state index >= 15 is 0 Å². The molecule has 2 aliphatic rings. The number of ether oxygens (including phenoxy) is 1. The summed E-state index contributed by atoms with van der Waals surface area (Å²) in [6.07, 6.45) is 4.87. The van der Waals surface area contributed by atoms with E-state index in [1.165, 1.54) is 12.1 Å². The predicted molar refractivity (Wildman–Crippen MR) is 86.4 cm³/mol. The number of hydrogen-bond acceptors (Lipinski definition) is 3. The Hall–Kier alpha value is -1.46. The first-order valence-electron chi connectivity index (χ1n) is 8.58. The van der Waals surface area contributed by atoms with Crippen molar-refractivity contribution in [2.75, 3.05) is 19.7 Å². The van der Waals surface area contributed by atoms with Crippen LogP contribution in [0.2, 0.25) is 0 Å². The minimum Gasteiger partial charge on any atom is -0.376 e. The monoisotopic (exact) mass is 320 g/mol. The van der Waals surface area contributed by atoms with Gasteiger partial charge in [0.25, 0.3) is 0 Å². The van der Waals surface area contributed by atoms with Gasteiger partial charge >= 0.3 is 0 Å². The molecule has 2 unspecified atom stereocenters. The topological polar surface area (TPSA) is 41.6 Å². The summed E-state index contributed by atoms with van der Waals surface area (Å²) < 4.78 is 19.1. The number of carbonyl (C=O) groups is 1. The van der Waals surface area contributed by atoms with E-state index in [2.05, 4.69) is 5.32 Å². The van der Waals surface area contributed by atoms with Crippen LogP contribution in [-0.4, -0.2) is 42.6 Å². The van der Waals surface area contributed by atoms with Crippen LogP contribution in [0, 0.1) is 5.82 Å². The van der Waals surface area contributed by atoms with Gasteiger partial charge in [0.15, 0.2) is 0 Å². The minimum atomic E-state index is -0.260. The fourth-order valence-corrected chi connectivity index (χ4v) is 3.42. The molecule has 1 amide bonds. The first-order valence-corrected chi connectivity index (χ1v) is 8.58. The van der Waals surface area contributed by atoms with Gasteiger partial charge in [0.2, 0.25) is 5.91 Å². The van der Waals surface area contributed by atoms with E-state index in [0.717, 1.165) is 44.4 Å². The molecule has 126 valence electrons. The molecule has 1 N–H and O–H groups in total. The SMILES string of the molecule is O=C(CC1CCCN1)N(Cc1cccc(F)c1)CC1CCCO1. The summed E-state index contributed by atoms with van der Waals surface area (Å²) in [6, 6.07) is 6.77. The van der Waals surface area contributed by atoms with Crippen molar-refractivity contribution in [3.63, 3.8) is 0 Å². The second-order valence-corrected chi connectivity index (χ2v) is 6.54. The van der Waals surface area contributed by atoms with Gasteiger partial charge in [-0.05, 0) is 49.9 Å². The molecule has 4 nitrogen and oxygen atoms in total. The van der Waals surface area contributed by atoms with Crippen molar-refractivity contribution >= 4 is 5.91 Å². The van der Waals surface area contributed by atoms with Gasteiger partial charge in [-0.25, -0.2) is 4.39 Å². The van der Waals surface area contributed by atoms with Crippen LogP contribution in [0.15, 0.2) is 24.3 Å². The Morgan fingerprint density at radius 1 is 1.35 bits per heavy atom. The van der Waals surface area contributed by atoms with Gasteiger partial charge in [-0.3, -0.25) is 4.79 Å². The predicted octanol–water partition coefficient (Wildman–Crippen LogP) is 2.48. The number of amides is 1. The van der Waals surface area contributed by atoms with Crippen molar-refractivity contribution in [2.45, 2.75) is 50.8 Å². The van der Waals surface area contributed by atoms with Gasteiger partial charge in [0.05, 0.1) is 6.10 Å². The largest absolute Gasteiger partial charge is 0.376 e. The summed E-state index contributed by atoms with van der Waals surface area (Å²) >= 11 is 0. The summed E-state index contributed by atoms with van der Waals surface area (Å²) in [4.78, 5) is 14.6. The molecule has 2 fully saturated rings. The highest BCUT2D eigenvalue weighted by Gasteiger charge is 2.25. The van der Waals surface area contributed by atoms with Crippen molar-refractivity contribution in [1.82, 2.24) is 10.2 Å².